The van der Waals surface area contributed by atoms with Gasteiger partial charge in [-0.1, -0.05) is 0 Å². The van der Waals surface area contributed by atoms with E-state index in [2.05, 4.69) is 36.3 Å². The van der Waals surface area contributed by atoms with Crippen molar-refractivity contribution in [2.45, 2.75) is 13.5 Å². The quantitative estimate of drug-likeness (QED) is 0.719. The Kier molecular flexibility index (Phi) is 3.70. The Hall–Kier alpha value is -2.22. The number of methoxy groups -OCH3 is 1. The largest absolute Gasteiger partial charge is 0.481 e. The third kappa shape index (κ3) is 2.94. The number of ether oxygens (including phenoxy) is 1. The van der Waals surface area contributed by atoms with Crippen LogP contribution in [0.1, 0.15) is 11.1 Å². The van der Waals surface area contributed by atoms with Gasteiger partial charge in [0.1, 0.15) is 0 Å². The van der Waals surface area contributed by atoms with E-state index >= 15 is 0 Å². The lowest BCUT2D eigenvalue weighted by Gasteiger charge is -2.05. The van der Waals surface area contributed by atoms with Crippen LogP contribution >= 0.6 is 15.9 Å². The third-order valence-corrected chi connectivity index (χ3v) is 3.39. The van der Waals surface area contributed by atoms with Crippen LogP contribution in [-0.2, 0) is 6.54 Å². The highest BCUT2D eigenvalue weighted by Gasteiger charge is 2.11. The number of pyridine rings is 1. The van der Waals surface area contributed by atoms with E-state index in [0.29, 0.717) is 28.7 Å². The summed E-state index contributed by atoms with van der Waals surface area (Å²) in [5.74, 6) is 1.60. The number of tetrazole rings is 1. The van der Waals surface area contributed by atoms with Crippen molar-refractivity contribution in [1.82, 2.24) is 25.2 Å². The van der Waals surface area contributed by atoms with Crippen LogP contribution in [0.3, 0.4) is 0 Å². The lowest BCUT2D eigenvalue weighted by Crippen LogP contribution is -2.06. The van der Waals surface area contributed by atoms with Gasteiger partial charge in [-0.15, -0.1) is 10.2 Å². The van der Waals surface area contributed by atoms with Gasteiger partial charge in [0.25, 0.3) is 0 Å². The average molecular weight is 350 g/mol. The summed E-state index contributed by atoms with van der Waals surface area (Å²) in [5, 5.41) is 12.3. The van der Waals surface area contributed by atoms with Gasteiger partial charge in [-0.3, -0.25) is 0 Å². The van der Waals surface area contributed by atoms with Gasteiger partial charge in [-0.25, -0.2) is 4.98 Å². The first-order valence-electron chi connectivity index (χ1n) is 6.19. The second-order valence-electron chi connectivity index (χ2n) is 4.40. The molecule has 0 unspecified atom stereocenters. The lowest BCUT2D eigenvalue weighted by molar-refractivity contribution is 0.397. The zero-order valence-corrected chi connectivity index (χ0v) is 13.0. The van der Waals surface area contributed by atoms with E-state index in [9.17, 15) is 0 Å². The molecule has 3 aromatic rings. The van der Waals surface area contributed by atoms with Crippen LogP contribution < -0.4 is 4.74 Å². The maximum Gasteiger partial charge on any atom is 0.240 e. The molecule has 7 nitrogen and oxygen atoms in total. The number of nitrogens with zero attached hydrogens (tertiary/aromatic N) is 5. The predicted molar refractivity (Wildman–Crippen MR) is 77.8 cm³/mol. The van der Waals surface area contributed by atoms with Crippen LogP contribution in [-0.4, -0.2) is 32.3 Å². The van der Waals surface area contributed by atoms with Gasteiger partial charge in [0.2, 0.25) is 11.7 Å². The third-order valence-electron chi connectivity index (χ3n) is 2.96. The summed E-state index contributed by atoms with van der Waals surface area (Å²) in [6, 6.07) is 5.44. The van der Waals surface area contributed by atoms with Crippen molar-refractivity contribution in [3.8, 4) is 17.5 Å². The molecule has 0 N–H and O–H groups in total. The summed E-state index contributed by atoms with van der Waals surface area (Å²) in [5.41, 5.74) is 2.06. The number of hydrogen-bond donors (Lipinski definition) is 0. The molecule has 0 saturated heterocycles. The van der Waals surface area contributed by atoms with Crippen molar-refractivity contribution < 1.29 is 9.15 Å². The molecule has 0 aliphatic heterocycles. The molecule has 0 bridgehead atoms. The van der Waals surface area contributed by atoms with Gasteiger partial charge in [-0.05, 0) is 51.3 Å². The minimum Gasteiger partial charge on any atom is -0.481 e. The van der Waals surface area contributed by atoms with Crippen LogP contribution in [0.25, 0.3) is 11.6 Å². The molecule has 0 radical (unpaired) electrons. The van der Waals surface area contributed by atoms with Gasteiger partial charge < -0.3 is 9.15 Å². The molecule has 0 spiro atoms. The van der Waals surface area contributed by atoms with Crippen LogP contribution in [0.2, 0.25) is 0 Å². The summed E-state index contributed by atoms with van der Waals surface area (Å²) < 4.78 is 11.1. The molecule has 3 heterocycles. The van der Waals surface area contributed by atoms with Crippen molar-refractivity contribution in [1.29, 1.82) is 0 Å². The summed E-state index contributed by atoms with van der Waals surface area (Å²) in [4.78, 5) is 5.69. The normalized spacial score (nSPS) is 10.8. The molecule has 0 aliphatic rings. The van der Waals surface area contributed by atoms with Crippen molar-refractivity contribution in [2.75, 3.05) is 7.11 Å². The van der Waals surface area contributed by atoms with Crippen molar-refractivity contribution in [2.24, 2.45) is 0 Å². The number of aromatic nitrogens is 5. The Bertz CT molecular complexity index is 768. The van der Waals surface area contributed by atoms with E-state index in [1.54, 1.807) is 25.4 Å². The van der Waals surface area contributed by atoms with Crippen LogP contribution in [0.15, 0.2) is 33.5 Å². The summed E-state index contributed by atoms with van der Waals surface area (Å²) in [6.07, 6.45) is 1.75. The van der Waals surface area contributed by atoms with E-state index in [1.807, 2.05) is 13.0 Å². The van der Waals surface area contributed by atoms with E-state index in [1.165, 1.54) is 4.80 Å². The maximum atomic E-state index is 5.40. The first-order chi connectivity index (χ1) is 10.2. The van der Waals surface area contributed by atoms with Crippen molar-refractivity contribution in [3.63, 3.8) is 0 Å². The summed E-state index contributed by atoms with van der Waals surface area (Å²) >= 11 is 3.24. The Morgan fingerprint density at radius 2 is 2.24 bits per heavy atom. The highest BCUT2D eigenvalue weighted by Crippen LogP contribution is 2.21. The zero-order valence-electron chi connectivity index (χ0n) is 11.4. The number of hydrogen-bond acceptors (Lipinski definition) is 6. The zero-order chi connectivity index (χ0) is 14.8. The first-order valence-corrected chi connectivity index (χ1v) is 6.98. The molecule has 8 heteroatoms. The molecule has 0 atom stereocenters. The van der Waals surface area contributed by atoms with Crippen LogP contribution in [0.4, 0.5) is 0 Å². The molecular weight excluding hydrogens is 338 g/mol. The fraction of sp³-hybridized carbons (Fsp3) is 0.231. The first kappa shape index (κ1) is 13.7. The fourth-order valence-corrected chi connectivity index (χ4v) is 2.14. The predicted octanol–water partition coefficient (Wildman–Crippen LogP) is 2.46. The van der Waals surface area contributed by atoms with Gasteiger partial charge in [0.15, 0.2) is 10.4 Å². The molecule has 3 aromatic heterocycles. The second-order valence-corrected chi connectivity index (χ2v) is 5.18. The molecule has 0 saturated carbocycles. The Balaban J connectivity index is 1.81. The maximum absolute atomic E-state index is 5.40. The standard InChI is InChI=1S/C13H12BrN5O2/c1-8-5-12(20-2)15-6-9(8)7-19-17-13(16-18-19)10-3-4-11(14)21-10/h3-6H,7H2,1-2H3. The van der Waals surface area contributed by atoms with Crippen molar-refractivity contribution >= 4 is 15.9 Å². The fourth-order valence-electron chi connectivity index (χ4n) is 1.83. The van der Waals surface area contributed by atoms with E-state index in [4.69, 9.17) is 9.15 Å². The molecule has 0 aromatic carbocycles. The van der Waals surface area contributed by atoms with Gasteiger partial charge >= 0.3 is 0 Å². The Morgan fingerprint density at radius 1 is 1.38 bits per heavy atom. The minimum absolute atomic E-state index is 0.444. The average Bonchev–Trinajstić information content (AvgIpc) is 3.10. The molecule has 0 aliphatic carbocycles. The SMILES string of the molecule is COc1cc(C)c(Cn2nnc(-c3ccc(Br)o3)n2)cn1. The molecule has 0 fully saturated rings. The molecular formula is C13H12BrN5O2. The number of aryl methyl sites for hydroxylation is 1. The molecule has 3 rings (SSSR count). The van der Waals surface area contributed by atoms with Gasteiger partial charge in [0.05, 0.1) is 13.7 Å². The number of furan rings is 1. The number of halogens is 1. The Morgan fingerprint density at radius 3 is 2.90 bits per heavy atom. The molecule has 21 heavy (non-hydrogen) atoms. The summed E-state index contributed by atoms with van der Waals surface area (Å²) in [6.45, 7) is 2.47. The van der Waals surface area contributed by atoms with Crippen LogP contribution in [0.5, 0.6) is 5.88 Å². The Labute approximate surface area is 129 Å². The monoisotopic (exact) mass is 349 g/mol. The van der Waals surface area contributed by atoms with Gasteiger partial charge in [0, 0.05) is 12.3 Å². The minimum atomic E-state index is 0.444. The smallest absolute Gasteiger partial charge is 0.240 e. The highest BCUT2D eigenvalue weighted by molar-refractivity contribution is 9.10. The molecule has 0 amide bonds. The van der Waals surface area contributed by atoms with E-state index in [-0.39, 0.29) is 0 Å². The van der Waals surface area contributed by atoms with Crippen molar-refractivity contribution in [3.05, 3.63) is 40.2 Å². The molecule has 108 valence electrons. The van der Waals surface area contributed by atoms with Gasteiger partial charge in [-0.2, -0.15) is 4.80 Å². The lowest BCUT2D eigenvalue weighted by atomic mass is 10.1. The second kappa shape index (κ2) is 5.65. The van der Waals surface area contributed by atoms with Crippen LogP contribution in [0, 0.1) is 6.92 Å². The number of rotatable bonds is 4. The summed E-state index contributed by atoms with van der Waals surface area (Å²) in [7, 11) is 1.59. The van der Waals surface area contributed by atoms with E-state index < -0.39 is 0 Å². The topological polar surface area (TPSA) is 78.9 Å². The van der Waals surface area contributed by atoms with E-state index in [0.717, 1.165) is 11.1 Å². The highest BCUT2D eigenvalue weighted by atomic mass is 79.9.